The lowest BCUT2D eigenvalue weighted by Gasteiger charge is -2.08. The Labute approximate surface area is 114 Å². The van der Waals surface area contributed by atoms with Crippen molar-refractivity contribution in [1.29, 1.82) is 0 Å². The predicted octanol–water partition coefficient (Wildman–Crippen LogP) is 4.01. The number of halogens is 4. The van der Waals surface area contributed by atoms with E-state index in [1.807, 2.05) is 9.24 Å². The molecule has 19 heavy (non-hydrogen) atoms. The number of hydrogen-bond acceptors (Lipinski definition) is 2. The van der Waals surface area contributed by atoms with Gasteiger partial charge in [-0.25, -0.2) is 17.9 Å². The smallest absolute Gasteiger partial charge is 0.282 e. The zero-order valence-corrected chi connectivity index (χ0v) is 11.3. The number of rotatable bonds is 3. The van der Waals surface area contributed by atoms with Crippen LogP contribution in [0.15, 0.2) is 24.3 Å². The highest BCUT2D eigenvalue weighted by Crippen LogP contribution is 2.32. The molecule has 2 atom stereocenters. The van der Waals surface area contributed by atoms with E-state index in [9.17, 15) is 18.3 Å². The van der Waals surface area contributed by atoms with Crippen LogP contribution in [0, 0.1) is 0 Å². The first-order valence-corrected chi connectivity index (χ1v) is 6.21. The van der Waals surface area contributed by atoms with Gasteiger partial charge >= 0.3 is 0 Å². The molecule has 3 nitrogen and oxygen atoms in total. The van der Waals surface area contributed by atoms with Crippen molar-refractivity contribution in [2.75, 3.05) is 0 Å². The molecule has 0 aliphatic rings. The van der Waals surface area contributed by atoms with E-state index in [4.69, 9.17) is 11.6 Å². The minimum Gasteiger partial charge on any atom is -0.506 e. The molecule has 0 radical (unpaired) electrons. The molecule has 2 unspecified atom stereocenters. The molecule has 1 aromatic carbocycles. The molecule has 1 heterocycles. The van der Waals surface area contributed by atoms with Gasteiger partial charge in [0.15, 0.2) is 5.91 Å². The zero-order valence-electron chi connectivity index (χ0n) is 9.39. The van der Waals surface area contributed by atoms with E-state index in [2.05, 4.69) is 5.10 Å². The van der Waals surface area contributed by atoms with Crippen LogP contribution in [-0.4, -0.2) is 14.9 Å². The molecule has 0 saturated carbocycles. The summed E-state index contributed by atoms with van der Waals surface area (Å²) in [4.78, 5) is 0. The Balaban J connectivity index is 2.56. The lowest BCUT2D eigenvalue weighted by Crippen LogP contribution is -2.02. The predicted molar refractivity (Wildman–Crippen MR) is 68.8 cm³/mol. The third-order valence-corrected chi connectivity index (χ3v) is 3.08. The molecule has 8 heteroatoms. The Morgan fingerprint density at radius 3 is 2.47 bits per heavy atom. The molecular formula is C11H9ClF3N2OP. The van der Waals surface area contributed by atoms with Gasteiger partial charge in [0.2, 0.25) is 0 Å². The van der Waals surface area contributed by atoms with Gasteiger partial charge in [0.05, 0.1) is 16.4 Å². The second-order valence-electron chi connectivity index (χ2n) is 3.74. The average Bonchev–Trinajstić information content (AvgIpc) is 2.78. The lowest BCUT2D eigenvalue weighted by molar-refractivity contribution is 0.145. The number of phenolic OH excluding ortho intramolecular Hbond substituents is 1. The van der Waals surface area contributed by atoms with E-state index in [1.165, 1.54) is 18.2 Å². The summed E-state index contributed by atoms with van der Waals surface area (Å²) in [5.74, 6) is -1.71. The van der Waals surface area contributed by atoms with Gasteiger partial charge in [-0.15, -0.1) is 0 Å². The largest absolute Gasteiger partial charge is 0.506 e. The topological polar surface area (TPSA) is 38.0 Å². The van der Waals surface area contributed by atoms with Crippen molar-refractivity contribution in [2.24, 2.45) is 0 Å². The number of hydrogen-bond donors (Lipinski definition) is 1. The number of phenols is 1. The third-order valence-electron chi connectivity index (χ3n) is 2.44. The number of aromatic hydroxyl groups is 1. The van der Waals surface area contributed by atoms with Crippen molar-refractivity contribution >= 4 is 20.8 Å². The van der Waals surface area contributed by atoms with Gasteiger partial charge in [-0.05, 0) is 24.3 Å². The zero-order chi connectivity index (χ0) is 14.2. The molecule has 0 amide bonds. The van der Waals surface area contributed by atoms with E-state index >= 15 is 0 Å². The van der Waals surface area contributed by atoms with E-state index < -0.39 is 18.0 Å². The van der Waals surface area contributed by atoms with E-state index in [-0.39, 0.29) is 22.2 Å². The molecule has 0 aliphatic carbocycles. The number of nitrogens with zero attached hydrogens (tertiary/aromatic N) is 2. The normalized spacial score (nSPS) is 12.9. The fraction of sp³-hybridized carbons (Fsp3) is 0.182. The summed E-state index contributed by atoms with van der Waals surface area (Å²) < 4.78 is 39.7. The molecule has 0 aliphatic heterocycles. The number of benzene rings is 1. The van der Waals surface area contributed by atoms with E-state index in [1.54, 1.807) is 0 Å². The molecule has 1 aromatic heterocycles. The Morgan fingerprint density at radius 1 is 1.26 bits per heavy atom. The van der Waals surface area contributed by atoms with Crippen LogP contribution < -0.4 is 0 Å². The fourth-order valence-corrected chi connectivity index (χ4v) is 1.96. The SMILES string of the molecule is Oc1ccc(-n2nc(C(F)F)cc2C(F)P)cc1Cl. The number of aromatic nitrogens is 2. The van der Waals surface area contributed by atoms with Gasteiger partial charge < -0.3 is 5.11 Å². The maximum atomic E-state index is 13.4. The Morgan fingerprint density at radius 2 is 1.95 bits per heavy atom. The van der Waals surface area contributed by atoms with Crippen molar-refractivity contribution in [3.05, 3.63) is 40.7 Å². The van der Waals surface area contributed by atoms with Crippen LogP contribution >= 0.6 is 20.8 Å². The Hall–Kier alpha value is -1.26. The third kappa shape index (κ3) is 2.85. The van der Waals surface area contributed by atoms with Crippen LogP contribution in [0.1, 0.15) is 23.7 Å². The van der Waals surface area contributed by atoms with Gasteiger partial charge in [-0.3, -0.25) is 0 Å². The van der Waals surface area contributed by atoms with Crippen molar-refractivity contribution in [3.8, 4) is 11.4 Å². The molecule has 2 rings (SSSR count). The van der Waals surface area contributed by atoms with E-state index in [0.717, 1.165) is 10.7 Å². The molecule has 0 bridgehead atoms. The molecule has 1 N–H and O–H groups in total. The Bertz CT molecular complexity index is 604. The van der Waals surface area contributed by atoms with Crippen LogP contribution in [0.2, 0.25) is 5.02 Å². The van der Waals surface area contributed by atoms with Crippen LogP contribution in [-0.2, 0) is 0 Å². The second-order valence-corrected chi connectivity index (χ2v) is 4.74. The molecule has 102 valence electrons. The Kier molecular flexibility index (Phi) is 4.02. The van der Waals surface area contributed by atoms with Gasteiger partial charge in [-0.1, -0.05) is 20.8 Å². The summed E-state index contributed by atoms with van der Waals surface area (Å²) in [6, 6.07) is 4.99. The lowest BCUT2D eigenvalue weighted by atomic mass is 10.3. The second kappa shape index (κ2) is 5.39. The summed E-state index contributed by atoms with van der Waals surface area (Å²) in [5.41, 5.74) is -0.277. The molecule has 0 fully saturated rings. The van der Waals surface area contributed by atoms with Crippen LogP contribution in [0.5, 0.6) is 5.75 Å². The van der Waals surface area contributed by atoms with Crippen LogP contribution in [0.25, 0.3) is 5.69 Å². The molecule has 0 saturated heterocycles. The summed E-state index contributed by atoms with van der Waals surface area (Å²) in [6.45, 7) is 0. The quantitative estimate of drug-likeness (QED) is 0.870. The highest BCUT2D eigenvalue weighted by Gasteiger charge is 2.20. The first kappa shape index (κ1) is 14.2. The summed E-state index contributed by atoms with van der Waals surface area (Å²) in [7, 11) is 1.87. The van der Waals surface area contributed by atoms with Crippen LogP contribution in [0.4, 0.5) is 13.2 Å². The standard InChI is InChI=1S/C11H9ClF3N2OP/c12-6-3-5(1-2-9(6)18)17-8(11(15)19)4-7(16-17)10(13)14/h1-4,10-11,18H,19H2. The molecule has 0 spiro atoms. The first-order valence-electron chi connectivity index (χ1n) is 5.16. The van der Waals surface area contributed by atoms with Crippen molar-refractivity contribution in [2.45, 2.75) is 12.3 Å². The number of alkyl halides is 3. The average molecular weight is 309 g/mol. The van der Waals surface area contributed by atoms with Crippen molar-refractivity contribution < 1.29 is 18.3 Å². The van der Waals surface area contributed by atoms with E-state index in [0.29, 0.717) is 0 Å². The van der Waals surface area contributed by atoms with Crippen LogP contribution in [0.3, 0.4) is 0 Å². The highest BCUT2D eigenvalue weighted by atomic mass is 35.5. The fourth-order valence-electron chi connectivity index (χ4n) is 1.55. The minimum atomic E-state index is -2.80. The first-order chi connectivity index (χ1) is 8.90. The highest BCUT2D eigenvalue weighted by molar-refractivity contribution is 7.16. The van der Waals surface area contributed by atoms with Gasteiger partial charge in [0.25, 0.3) is 6.43 Å². The summed E-state index contributed by atoms with van der Waals surface area (Å²) in [6.07, 6.45) is -2.80. The molecule has 2 aromatic rings. The molecular weight excluding hydrogens is 300 g/mol. The van der Waals surface area contributed by atoms with Gasteiger partial charge in [0.1, 0.15) is 11.4 Å². The van der Waals surface area contributed by atoms with Gasteiger partial charge in [-0.2, -0.15) is 5.10 Å². The van der Waals surface area contributed by atoms with Crippen molar-refractivity contribution in [1.82, 2.24) is 9.78 Å². The van der Waals surface area contributed by atoms with Crippen molar-refractivity contribution in [3.63, 3.8) is 0 Å². The minimum absolute atomic E-state index is 0.0247. The summed E-state index contributed by atoms with van der Waals surface area (Å²) in [5, 5.41) is 13.0. The maximum absolute atomic E-state index is 13.4. The van der Waals surface area contributed by atoms with Gasteiger partial charge in [0, 0.05) is 0 Å². The maximum Gasteiger partial charge on any atom is 0.282 e. The summed E-state index contributed by atoms with van der Waals surface area (Å²) >= 11 is 5.73. The monoisotopic (exact) mass is 308 g/mol.